The first-order chi connectivity index (χ1) is 7.25. The fourth-order valence-electron chi connectivity index (χ4n) is 2.70. The largest absolute Gasteiger partial charge is 0.378 e. The Labute approximate surface area is 93.2 Å². The second kappa shape index (κ2) is 5.28. The molecule has 3 heteroatoms. The lowest BCUT2D eigenvalue weighted by atomic mass is 10.0. The third kappa shape index (κ3) is 3.16. The molecule has 0 saturated carbocycles. The van der Waals surface area contributed by atoms with Gasteiger partial charge in [-0.05, 0) is 39.7 Å². The zero-order chi connectivity index (χ0) is 10.7. The lowest BCUT2D eigenvalue weighted by Crippen LogP contribution is -2.43. The van der Waals surface area contributed by atoms with Gasteiger partial charge in [0.05, 0.1) is 6.10 Å². The molecule has 15 heavy (non-hydrogen) atoms. The second-order valence-corrected chi connectivity index (χ2v) is 5.04. The molecule has 0 amide bonds. The summed E-state index contributed by atoms with van der Waals surface area (Å²) in [6, 6.07) is 1.45. The molecule has 88 valence electrons. The van der Waals surface area contributed by atoms with E-state index < -0.39 is 0 Å². The van der Waals surface area contributed by atoms with Gasteiger partial charge in [-0.3, -0.25) is 4.90 Å². The molecule has 2 aliphatic heterocycles. The summed E-state index contributed by atoms with van der Waals surface area (Å²) in [6.07, 6.45) is 4.18. The predicted molar refractivity (Wildman–Crippen MR) is 62.1 cm³/mol. The van der Waals surface area contributed by atoms with E-state index in [9.17, 15) is 0 Å². The summed E-state index contributed by atoms with van der Waals surface area (Å²) < 4.78 is 5.61. The van der Waals surface area contributed by atoms with E-state index in [1.165, 1.54) is 32.4 Å². The molecule has 2 aliphatic rings. The lowest BCUT2D eigenvalue weighted by Gasteiger charge is -2.35. The first kappa shape index (κ1) is 11.4. The van der Waals surface area contributed by atoms with Gasteiger partial charge in [0, 0.05) is 31.8 Å². The highest BCUT2D eigenvalue weighted by molar-refractivity contribution is 4.81. The highest BCUT2D eigenvalue weighted by atomic mass is 16.5. The van der Waals surface area contributed by atoms with Crippen LogP contribution in [0.1, 0.15) is 33.1 Å². The third-order valence-corrected chi connectivity index (χ3v) is 3.71. The van der Waals surface area contributed by atoms with Crippen molar-refractivity contribution in [3.05, 3.63) is 0 Å². The molecule has 2 heterocycles. The fraction of sp³-hybridized carbons (Fsp3) is 1.00. The Morgan fingerprint density at radius 1 is 1.20 bits per heavy atom. The molecule has 0 aromatic heterocycles. The van der Waals surface area contributed by atoms with Crippen molar-refractivity contribution in [3.8, 4) is 0 Å². The van der Waals surface area contributed by atoms with E-state index in [0.29, 0.717) is 12.1 Å². The summed E-state index contributed by atoms with van der Waals surface area (Å²) in [5.41, 5.74) is 0. The molecule has 2 saturated heterocycles. The van der Waals surface area contributed by atoms with Crippen LogP contribution in [0.3, 0.4) is 0 Å². The number of nitrogens with zero attached hydrogens (tertiary/aromatic N) is 1. The van der Waals surface area contributed by atoms with Crippen LogP contribution in [0.15, 0.2) is 0 Å². The number of rotatable bonds is 1. The third-order valence-electron chi connectivity index (χ3n) is 3.71. The van der Waals surface area contributed by atoms with Gasteiger partial charge in [-0.25, -0.2) is 0 Å². The van der Waals surface area contributed by atoms with Crippen LogP contribution >= 0.6 is 0 Å². The average Bonchev–Trinajstić information content (AvgIpc) is 2.43. The highest BCUT2D eigenvalue weighted by Gasteiger charge is 2.26. The Morgan fingerprint density at radius 3 is 2.87 bits per heavy atom. The maximum Gasteiger partial charge on any atom is 0.0561 e. The Hall–Kier alpha value is -0.120. The van der Waals surface area contributed by atoms with Crippen molar-refractivity contribution in [1.29, 1.82) is 0 Å². The number of hydrogen-bond acceptors (Lipinski definition) is 3. The minimum Gasteiger partial charge on any atom is -0.378 e. The molecule has 0 radical (unpaired) electrons. The van der Waals surface area contributed by atoms with E-state index in [-0.39, 0.29) is 0 Å². The smallest absolute Gasteiger partial charge is 0.0561 e. The van der Waals surface area contributed by atoms with Gasteiger partial charge in [-0.15, -0.1) is 0 Å². The Morgan fingerprint density at radius 2 is 2.07 bits per heavy atom. The monoisotopic (exact) mass is 212 g/mol. The molecule has 0 spiro atoms. The molecule has 0 aliphatic carbocycles. The van der Waals surface area contributed by atoms with Gasteiger partial charge >= 0.3 is 0 Å². The lowest BCUT2D eigenvalue weighted by molar-refractivity contribution is -0.0160. The summed E-state index contributed by atoms with van der Waals surface area (Å²) >= 11 is 0. The van der Waals surface area contributed by atoms with Gasteiger partial charge in [0.15, 0.2) is 0 Å². The Kier molecular flexibility index (Phi) is 4.00. The summed E-state index contributed by atoms with van der Waals surface area (Å²) in [4.78, 5) is 2.66. The van der Waals surface area contributed by atoms with E-state index in [2.05, 4.69) is 24.1 Å². The molecule has 0 aromatic rings. The van der Waals surface area contributed by atoms with E-state index in [4.69, 9.17) is 4.74 Å². The molecule has 2 rings (SSSR count). The van der Waals surface area contributed by atoms with Crippen LogP contribution in [0.2, 0.25) is 0 Å². The van der Waals surface area contributed by atoms with E-state index in [1.54, 1.807) is 0 Å². The van der Waals surface area contributed by atoms with Gasteiger partial charge in [0.2, 0.25) is 0 Å². The number of hydrogen-bond donors (Lipinski definition) is 1. The summed E-state index contributed by atoms with van der Waals surface area (Å²) in [6.45, 7) is 9.05. The summed E-state index contributed by atoms with van der Waals surface area (Å²) in [7, 11) is 0. The molecule has 3 nitrogen and oxygen atoms in total. The Bertz CT molecular complexity index is 198. The second-order valence-electron chi connectivity index (χ2n) is 5.04. The maximum absolute atomic E-state index is 5.61. The SMILES string of the molecule is CC1CCN(C2CCOC(C)C2)CCN1. The van der Waals surface area contributed by atoms with Crippen molar-refractivity contribution < 1.29 is 4.74 Å². The molecular weight excluding hydrogens is 188 g/mol. The van der Waals surface area contributed by atoms with Crippen molar-refractivity contribution in [2.75, 3.05) is 26.2 Å². The van der Waals surface area contributed by atoms with Crippen LogP contribution in [0.4, 0.5) is 0 Å². The van der Waals surface area contributed by atoms with Gasteiger partial charge in [0.1, 0.15) is 0 Å². The van der Waals surface area contributed by atoms with Crippen molar-refractivity contribution in [2.24, 2.45) is 0 Å². The molecule has 1 N–H and O–H groups in total. The van der Waals surface area contributed by atoms with Crippen LogP contribution in [0.5, 0.6) is 0 Å². The van der Waals surface area contributed by atoms with E-state index in [1.807, 2.05) is 0 Å². The van der Waals surface area contributed by atoms with E-state index in [0.717, 1.165) is 19.2 Å². The van der Waals surface area contributed by atoms with Crippen molar-refractivity contribution in [2.45, 2.75) is 51.3 Å². The average molecular weight is 212 g/mol. The minimum atomic E-state index is 0.456. The summed E-state index contributed by atoms with van der Waals surface area (Å²) in [5.74, 6) is 0. The number of ether oxygens (including phenoxy) is 1. The quantitative estimate of drug-likeness (QED) is 0.708. The predicted octanol–water partition coefficient (Wildman–Crippen LogP) is 1.24. The van der Waals surface area contributed by atoms with Crippen molar-refractivity contribution >= 4 is 0 Å². The molecule has 0 bridgehead atoms. The normalized spacial score (nSPS) is 40.0. The Balaban J connectivity index is 1.85. The minimum absolute atomic E-state index is 0.456. The van der Waals surface area contributed by atoms with Gasteiger partial charge in [0.25, 0.3) is 0 Å². The molecular formula is C12H24N2O. The molecule has 0 aromatic carbocycles. The molecule has 2 fully saturated rings. The van der Waals surface area contributed by atoms with Crippen LogP contribution < -0.4 is 5.32 Å². The molecule has 3 unspecified atom stereocenters. The zero-order valence-electron chi connectivity index (χ0n) is 10.0. The van der Waals surface area contributed by atoms with Crippen LogP contribution in [0, 0.1) is 0 Å². The van der Waals surface area contributed by atoms with Gasteiger partial charge in [-0.1, -0.05) is 0 Å². The first-order valence-electron chi connectivity index (χ1n) is 6.34. The van der Waals surface area contributed by atoms with Gasteiger partial charge in [-0.2, -0.15) is 0 Å². The van der Waals surface area contributed by atoms with Crippen molar-refractivity contribution in [3.63, 3.8) is 0 Å². The van der Waals surface area contributed by atoms with Crippen LogP contribution in [-0.4, -0.2) is 49.3 Å². The van der Waals surface area contributed by atoms with E-state index >= 15 is 0 Å². The number of nitrogens with one attached hydrogen (secondary N) is 1. The fourth-order valence-corrected chi connectivity index (χ4v) is 2.70. The zero-order valence-corrected chi connectivity index (χ0v) is 10.0. The van der Waals surface area contributed by atoms with Crippen molar-refractivity contribution in [1.82, 2.24) is 10.2 Å². The molecule has 3 atom stereocenters. The topological polar surface area (TPSA) is 24.5 Å². The van der Waals surface area contributed by atoms with Crippen LogP contribution in [0.25, 0.3) is 0 Å². The summed E-state index contributed by atoms with van der Waals surface area (Å²) in [5, 5.41) is 3.55. The standard InChI is InChI=1S/C12H24N2O/c1-10-3-6-14(7-5-13-10)12-4-8-15-11(2)9-12/h10-13H,3-9H2,1-2H3. The highest BCUT2D eigenvalue weighted by Crippen LogP contribution is 2.20. The first-order valence-corrected chi connectivity index (χ1v) is 6.34. The van der Waals surface area contributed by atoms with Crippen LogP contribution in [-0.2, 0) is 4.74 Å². The van der Waals surface area contributed by atoms with Gasteiger partial charge < -0.3 is 10.1 Å². The maximum atomic E-state index is 5.61.